The molecule has 1 saturated heterocycles. The van der Waals surface area contributed by atoms with Crippen molar-refractivity contribution >= 4 is 5.84 Å². The molecule has 2 aliphatic rings. The maximum absolute atomic E-state index is 9.08. The molecule has 2 aliphatic heterocycles. The third kappa shape index (κ3) is 3.38. The molecule has 4 heteroatoms. The number of amidine groups is 1. The van der Waals surface area contributed by atoms with Gasteiger partial charge in [-0.2, -0.15) is 0 Å². The van der Waals surface area contributed by atoms with Gasteiger partial charge in [-0.05, 0) is 17.9 Å². The number of aliphatic hydroxyl groups is 1. The molecule has 22 heavy (non-hydrogen) atoms. The summed E-state index contributed by atoms with van der Waals surface area (Å²) in [6, 6.07) is 0.648. The lowest BCUT2D eigenvalue weighted by Crippen LogP contribution is -2.44. The van der Waals surface area contributed by atoms with Crippen molar-refractivity contribution in [2.24, 2.45) is 15.8 Å². The smallest absolute Gasteiger partial charge is 0.109 e. The Balaban J connectivity index is 2.40. The fraction of sp³-hybridized carbons (Fsp3) is 0.833. The van der Waals surface area contributed by atoms with Crippen LogP contribution in [0.25, 0.3) is 0 Å². The fourth-order valence-electron chi connectivity index (χ4n) is 3.83. The molecule has 0 saturated carbocycles. The van der Waals surface area contributed by atoms with Gasteiger partial charge in [0.15, 0.2) is 0 Å². The molecule has 0 bridgehead atoms. The van der Waals surface area contributed by atoms with Crippen molar-refractivity contribution in [3.8, 4) is 0 Å². The molecule has 0 spiro atoms. The minimum atomic E-state index is 0.0504. The number of fused-ring (bicyclic) bond motifs is 1. The van der Waals surface area contributed by atoms with Gasteiger partial charge in [0.1, 0.15) is 5.84 Å². The van der Waals surface area contributed by atoms with Gasteiger partial charge in [0, 0.05) is 36.7 Å². The summed E-state index contributed by atoms with van der Waals surface area (Å²) in [7, 11) is 0. The van der Waals surface area contributed by atoms with E-state index in [1.54, 1.807) is 0 Å². The quantitative estimate of drug-likeness (QED) is 0.843. The summed E-state index contributed by atoms with van der Waals surface area (Å²) < 4.78 is 0. The maximum Gasteiger partial charge on any atom is 0.109 e. The molecule has 1 fully saturated rings. The van der Waals surface area contributed by atoms with E-state index in [0.29, 0.717) is 12.6 Å². The maximum atomic E-state index is 9.08. The summed E-state index contributed by atoms with van der Waals surface area (Å²) in [4.78, 5) is 7.51. The zero-order valence-electron chi connectivity index (χ0n) is 15.3. The Morgan fingerprint density at radius 2 is 1.82 bits per heavy atom. The van der Waals surface area contributed by atoms with Gasteiger partial charge in [-0.15, -0.1) is 0 Å². The first-order valence-corrected chi connectivity index (χ1v) is 8.49. The van der Waals surface area contributed by atoms with Gasteiger partial charge in [-0.25, -0.2) is 0 Å². The van der Waals surface area contributed by atoms with E-state index in [9.17, 15) is 0 Å². The van der Waals surface area contributed by atoms with Crippen LogP contribution in [0.5, 0.6) is 0 Å². The van der Waals surface area contributed by atoms with E-state index in [1.807, 2.05) is 0 Å². The van der Waals surface area contributed by atoms with E-state index in [4.69, 9.17) is 10.1 Å². The van der Waals surface area contributed by atoms with Crippen LogP contribution in [0.2, 0.25) is 0 Å². The number of aliphatic hydroxyl groups excluding tert-OH is 1. The Kier molecular flexibility index (Phi) is 4.74. The molecule has 126 valence electrons. The van der Waals surface area contributed by atoms with Crippen LogP contribution in [0.1, 0.15) is 54.9 Å². The molecule has 0 radical (unpaired) electrons. The lowest BCUT2D eigenvalue weighted by Gasteiger charge is -2.41. The number of rotatable bonds is 3. The van der Waals surface area contributed by atoms with Crippen LogP contribution >= 0.6 is 0 Å². The molecule has 2 heterocycles. The van der Waals surface area contributed by atoms with Crippen molar-refractivity contribution in [3.05, 3.63) is 11.3 Å². The van der Waals surface area contributed by atoms with E-state index in [2.05, 4.69) is 58.7 Å². The predicted molar refractivity (Wildman–Crippen MR) is 93.0 cm³/mol. The highest BCUT2D eigenvalue weighted by atomic mass is 16.3. The summed E-state index contributed by atoms with van der Waals surface area (Å²) in [5.41, 5.74) is 3.10. The monoisotopic (exact) mass is 307 g/mol. The zero-order chi connectivity index (χ0) is 16.7. The van der Waals surface area contributed by atoms with Crippen molar-refractivity contribution in [2.75, 3.05) is 19.7 Å². The summed E-state index contributed by atoms with van der Waals surface area (Å²) in [5.74, 6) is 1.20. The average molecular weight is 307 g/mol. The number of hydrogen-bond donors (Lipinski definition) is 2. The second kappa shape index (κ2) is 5.97. The lowest BCUT2D eigenvalue weighted by molar-refractivity contribution is 0.284. The van der Waals surface area contributed by atoms with Gasteiger partial charge >= 0.3 is 0 Å². The van der Waals surface area contributed by atoms with Gasteiger partial charge in [0.2, 0.25) is 0 Å². The van der Waals surface area contributed by atoms with E-state index < -0.39 is 0 Å². The molecule has 2 atom stereocenters. The molecule has 2 N–H and O–H groups in total. The fourth-order valence-corrected chi connectivity index (χ4v) is 3.83. The topological polar surface area (TPSA) is 47.9 Å². The van der Waals surface area contributed by atoms with Crippen LogP contribution in [0.4, 0.5) is 0 Å². The molecule has 0 amide bonds. The summed E-state index contributed by atoms with van der Waals surface area (Å²) in [6.45, 7) is 17.6. The third-order valence-corrected chi connectivity index (χ3v) is 4.49. The first-order valence-electron chi connectivity index (χ1n) is 8.49. The molecule has 0 aromatic rings. The molecule has 0 aliphatic carbocycles. The zero-order valence-corrected chi connectivity index (χ0v) is 15.3. The third-order valence-electron chi connectivity index (χ3n) is 4.49. The van der Waals surface area contributed by atoms with Crippen LogP contribution in [0.15, 0.2) is 16.3 Å². The van der Waals surface area contributed by atoms with E-state index >= 15 is 0 Å². The molecular formula is C18H33N3O. The van der Waals surface area contributed by atoms with E-state index in [-0.39, 0.29) is 23.5 Å². The van der Waals surface area contributed by atoms with Crippen LogP contribution in [-0.2, 0) is 0 Å². The van der Waals surface area contributed by atoms with E-state index in [1.165, 1.54) is 17.1 Å². The minimum Gasteiger partial charge on any atom is -0.395 e. The Hall–Kier alpha value is -0.870. The predicted octanol–water partition coefficient (Wildman–Crippen LogP) is 2.79. The average Bonchev–Trinajstić information content (AvgIpc) is 2.75. The molecule has 4 nitrogen and oxygen atoms in total. The molecule has 0 aromatic carbocycles. The van der Waals surface area contributed by atoms with Crippen LogP contribution in [-0.4, -0.2) is 47.6 Å². The first-order chi connectivity index (χ1) is 10.1. The minimum absolute atomic E-state index is 0.0504. The lowest BCUT2D eigenvalue weighted by atomic mass is 9.79. The second-order valence-electron chi connectivity index (χ2n) is 8.68. The second-order valence-corrected chi connectivity index (χ2v) is 8.68. The van der Waals surface area contributed by atoms with Gasteiger partial charge in [-0.3, -0.25) is 4.99 Å². The first kappa shape index (κ1) is 17.5. The number of nitrogens with zero attached hydrogens (tertiary/aromatic N) is 2. The van der Waals surface area contributed by atoms with Crippen molar-refractivity contribution in [3.63, 3.8) is 0 Å². The number of nitrogens with one attached hydrogen (secondary N) is 1. The highest BCUT2D eigenvalue weighted by molar-refractivity contribution is 5.90. The van der Waals surface area contributed by atoms with Crippen molar-refractivity contribution in [2.45, 2.75) is 67.0 Å². The van der Waals surface area contributed by atoms with Gasteiger partial charge in [0.05, 0.1) is 12.6 Å². The summed E-state index contributed by atoms with van der Waals surface area (Å²) in [6.07, 6.45) is 1.03. The SMILES string of the molecule is C[C@@H]1N=C(C(C)(C)C)N2CC(NCCO)CC2=C1C(C)(C)C. The molecule has 0 aromatic heterocycles. The van der Waals surface area contributed by atoms with Crippen LogP contribution in [0.3, 0.4) is 0 Å². The van der Waals surface area contributed by atoms with Gasteiger partial charge in [0.25, 0.3) is 0 Å². The number of aliphatic imine (C=N–C) groups is 1. The number of hydrogen-bond acceptors (Lipinski definition) is 4. The molecule has 2 rings (SSSR count). The van der Waals surface area contributed by atoms with Crippen molar-refractivity contribution in [1.29, 1.82) is 0 Å². The Labute approximate surface area is 135 Å². The normalized spacial score (nSPS) is 26.4. The largest absolute Gasteiger partial charge is 0.395 e. The molecule has 1 unspecified atom stereocenters. The molecular weight excluding hydrogens is 274 g/mol. The van der Waals surface area contributed by atoms with Crippen LogP contribution in [0, 0.1) is 10.8 Å². The highest BCUT2D eigenvalue weighted by Gasteiger charge is 2.42. The van der Waals surface area contributed by atoms with Gasteiger partial charge in [-0.1, -0.05) is 41.5 Å². The highest BCUT2D eigenvalue weighted by Crippen LogP contribution is 2.42. The Morgan fingerprint density at radius 3 is 2.32 bits per heavy atom. The summed E-state index contributed by atoms with van der Waals surface area (Å²) >= 11 is 0. The van der Waals surface area contributed by atoms with Crippen molar-refractivity contribution in [1.82, 2.24) is 10.2 Å². The van der Waals surface area contributed by atoms with E-state index in [0.717, 1.165) is 13.0 Å². The van der Waals surface area contributed by atoms with Crippen molar-refractivity contribution < 1.29 is 5.11 Å². The Bertz CT molecular complexity index is 480. The summed E-state index contributed by atoms with van der Waals surface area (Å²) in [5, 5.41) is 12.5. The van der Waals surface area contributed by atoms with Gasteiger partial charge < -0.3 is 15.3 Å². The Morgan fingerprint density at radius 1 is 1.18 bits per heavy atom. The van der Waals surface area contributed by atoms with Crippen LogP contribution < -0.4 is 5.32 Å². The standard InChI is InChI=1S/C18H33N3O/c1-12-15(17(2,3)4)14-10-13(19-8-9-22)11-21(14)16(20-12)18(5,6)7/h12-13,19,22H,8-11H2,1-7H3/t12-,13?/m0/s1.